The summed E-state index contributed by atoms with van der Waals surface area (Å²) in [5, 5.41) is 12.5. The molecule has 17 heavy (non-hydrogen) atoms. The van der Waals surface area contributed by atoms with Gasteiger partial charge in [-0.25, -0.2) is 4.98 Å². The Kier molecular flexibility index (Phi) is 5.15. The van der Waals surface area contributed by atoms with Gasteiger partial charge < -0.3 is 15.2 Å². The molecule has 0 fully saturated rings. The number of hydrogen-bond donors (Lipinski definition) is 2. The number of aliphatic hydroxyl groups excluding tert-OH is 1. The maximum absolute atomic E-state index is 9.45. The van der Waals surface area contributed by atoms with Crippen LogP contribution < -0.4 is 10.1 Å². The highest BCUT2D eigenvalue weighted by atomic mass is 16.5. The van der Waals surface area contributed by atoms with E-state index in [-0.39, 0.29) is 12.2 Å². The Morgan fingerprint density at radius 1 is 1.41 bits per heavy atom. The van der Waals surface area contributed by atoms with E-state index >= 15 is 0 Å². The monoisotopic (exact) mass is 239 g/mol. The molecular weight excluding hydrogens is 218 g/mol. The van der Waals surface area contributed by atoms with Gasteiger partial charge in [0.2, 0.25) is 11.8 Å². The molecule has 5 heteroatoms. The third-order valence-electron chi connectivity index (χ3n) is 2.15. The molecule has 1 aromatic heterocycles. The highest BCUT2D eigenvalue weighted by Gasteiger charge is 2.06. The van der Waals surface area contributed by atoms with Crippen molar-refractivity contribution in [3.8, 4) is 5.88 Å². The second-order valence-electron chi connectivity index (χ2n) is 4.28. The Bertz CT molecular complexity index is 356. The van der Waals surface area contributed by atoms with Gasteiger partial charge >= 0.3 is 0 Å². The second-order valence-corrected chi connectivity index (χ2v) is 4.28. The molecule has 1 heterocycles. The van der Waals surface area contributed by atoms with Gasteiger partial charge in [-0.3, -0.25) is 0 Å². The average Bonchev–Trinajstić information content (AvgIpc) is 2.24. The zero-order chi connectivity index (χ0) is 12.8. The van der Waals surface area contributed by atoms with Gasteiger partial charge in [-0.2, -0.15) is 4.98 Å². The molecule has 0 spiro atoms. The molecule has 1 unspecified atom stereocenters. The first-order valence-electron chi connectivity index (χ1n) is 5.95. The first-order chi connectivity index (χ1) is 8.01. The van der Waals surface area contributed by atoms with E-state index in [1.54, 1.807) is 6.07 Å². The summed E-state index contributed by atoms with van der Waals surface area (Å²) >= 11 is 0. The van der Waals surface area contributed by atoms with E-state index in [0.29, 0.717) is 24.8 Å². The third kappa shape index (κ3) is 4.99. The maximum atomic E-state index is 9.45. The summed E-state index contributed by atoms with van der Waals surface area (Å²) in [6.45, 7) is 8.16. The zero-order valence-corrected chi connectivity index (χ0v) is 10.9. The van der Waals surface area contributed by atoms with Crippen LogP contribution in [0, 0.1) is 6.92 Å². The van der Waals surface area contributed by atoms with Crippen molar-refractivity contribution >= 4 is 5.95 Å². The van der Waals surface area contributed by atoms with Gasteiger partial charge in [-0.15, -0.1) is 0 Å². The Morgan fingerprint density at radius 2 is 2.12 bits per heavy atom. The summed E-state index contributed by atoms with van der Waals surface area (Å²) in [5.74, 6) is 1.05. The van der Waals surface area contributed by atoms with E-state index in [0.717, 1.165) is 5.69 Å². The number of rotatable bonds is 6. The molecule has 0 bridgehead atoms. The van der Waals surface area contributed by atoms with Gasteiger partial charge in [0.1, 0.15) is 0 Å². The summed E-state index contributed by atoms with van der Waals surface area (Å²) in [6.07, 6.45) is 0.403. The maximum Gasteiger partial charge on any atom is 0.226 e. The Balaban J connectivity index is 2.68. The van der Waals surface area contributed by atoms with Crippen LogP contribution in [0.1, 0.15) is 32.9 Å². The summed E-state index contributed by atoms with van der Waals surface area (Å²) < 4.78 is 5.52. The zero-order valence-electron chi connectivity index (χ0n) is 10.9. The number of aryl methyl sites for hydroxylation is 1. The second kappa shape index (κ2) is 6.39. The van der Waals surface area contributed by atoms with Crippen molar-refractivity contribution in [1.29, 1.82) is 0 Å². The lowest BCUT2D eigenvalue weighted by Crippen LogP contribution is -2.20. The van der Waals surface area contributed by atoms with Crippen molar-refractivity contribution in [1.82, 2.24) is 9.97 Å². The van der Waals surface area contributed by atoms with Gasteiger partial charge in [-0.1, -0.05) is 6.92 Å². The first-order valence-corrected chi connectivity index (χ1v) is 5.95. The van der Waals surface area contributed by atoms with Gasteiger partial charge in [-0.05, 0) is 27.2 Å². The van der Waals surface area contributed by atoms with Crippen LogP contribution in [0.4, 0.5) is 5.95 Å². The molecule has 1 atom stereocenters. The van der Waals surface area contributed by atoms with Crippen LogP contribution in [0.5, 0.6) is 5.88 Å². The van der Waals surface area contributed by atoms with Crippen LogP contribution in [0.2, 0.25) is 0 Å². The van der Waals surface area contributed by atoms with E-state index in [4.69, 9.17) is 4.74 Å². The van der Waals surface area contributed by atoms with Crippen molar-refractivity contribution in [2.75, 3.05) is 11.9 Å². The van der Waals surface area contributed by atoms with Crippen LogP contribution in [-0.2, 0) is 0 Å². The van der Waals surface area contributed by atoms with Crippen LogP contribution >= 0.6 is 0 Å². The summed E-state index contributed by atoms with van der Waals surface area (Å²) in [4.78, 5) is 8.46. The Labute approximate surface area is 102 Å². The largest absolute Gasteiger partial charge is 0.475 e. The highest BCUT2D eigenvalue weighted by molar-refractivity contribution is 5.30. The van der Waals surface area contributed by atoms with Crippen molar-refractivity contribution in [2.24, 2.45) is 0 Å². The molecule has 0 aliphatic heterocycles. The predicted molar refractivity (Wildman–Crippen MR) is 67.3 cm³/mol. The topological polar surface area (TPSA) is 67.3 Å². The minimum atomic E-state index is -0.381. The number of hydrogen-bond acceptors (Lipinski definition) is 5. The van der Waals surface area contributed by atoms with Crippen molar-refractivity contribution in [2.45, 2.75) is 46.3 Å². The Morgan fingerprint density at radius 3 is 2.71 bits per heavy atom. The van der Waals surface area contributed by atoms with E-state index in [2.05, 4.69) is 15.3 Å². The first kappa shape index (κ1) is 13.7. The van der Waals surface area contributed by atoms with E-state index < -0.39 is 0 Å². The number of aliphatic hydroxyl groups is 1. The molecule has 1 aromatic rings. The molecular formula is C12H21N3O2. The van der Waals surface area contributed by atoms with Crippen LogP contribution in [-0.4, -0.2) is 33.8 Å². The minimum absolute atomic E-state index is 0.0818. The lowest BCUT2D eigenvalue weighted by Gasteiger charge is -2.12. The van der Waals surface area contributed by atoms with E-state index in [1.165, 1.54) is 0 Å². The van der Waals surface area contributed by atoms with Crippen molar-refractivity contribution in [3.05, 3.63) is 11.8 Å². The van der Waals surface area contributed by atoms with E-state index in [1.807, 2.05) is 27.7 Å². The summed E-state index contributed by atoms with van der Waals surface area (Å²) in [5.41, 5.74) is 0.837. The lowest BCUT2D eigenvalue weighted by molar-refractivity contribution is 0.183. The molecule has 5 nitrogen and oxygen atoms in total. The molecule has 2 N–H and O–H groups in total. The molecule has 0 amide bonds. The van der Waals surface area contributed by atoms with Crippen molar-refractivity contribution in [3.63, 3.8) is 0 Å². The molecule has 0 aliphatic carbocycles. The number of anilines is 1. The molecule has 96 valence electrons. The quantitative estimate of drug-likeness (QED) is 0.791. The molecule has 1 rings (SSSR count). The van der Waals surface area contributed by atoms with E-state index in [9.17, 15) is 5.11 Å². The Hall–Kier alpha value is -1.36. The fraction of sp³-hybridized carbons (Fsp3) is 0.667. The molecule has 0 saturated carbocycles. The normalized spacial score (nSPS) is 12.6. The van der Waals surface area contributed by atoms with Gasteiger partial charge in [0.05, 0.1) is 12.2 Å². The number of ether oxygens (including phenoxy) is 1. The van der Waals surface area contributed by atoms with Gasteiger partial charge in [0.15, 0.2) is 0 Å². The number of nitrogens with zero attached hydrogens (tertiary/aromatic N) is 2. The van der Waals surface area contributed by atoms with Crippen molar-refractivity contribution < 1.29 is 9.84 Å². The SMILES string of the molecule is CCC(O)CNc1nc(C)cc(OC(C)C)n1. The molecule has 0 aromatic carbocycles. The standard InChI is InChI=1S/C12H21N3O2/c1-5-10(16)7-13-12-14-9(4)6-11(15-12)17-8(2)3/h6,8,10,16H,5,7H2,1-4H3,(H,13,14,15). The average molecular weight is 239 g/mol. The van der Waals surface area contributed by atoms with Gasteiger partial charge in [0.25, 0.3) is 0 Å². The molecule has 0 saturated heterocycles. The fourth-order valence-electron chi connectivity index (χ4n) is 1.27. The summed E-state index contributed by atoms with van der Waals surface area (Å²) in [6, 6.07) is 1.79. The third-order valence-corrected chi connectivity index (χ3v) is 2.15. The van der Waals surface area contributed by atoms with Crippen LogP contribution in [0.15, 0.2) is 6.07 Å². The highest BCUT2D eigenvalue weighted by Crippen LogP contribution is 2.13. The fourth-order valence-corrected chi connectivity index (χ4v) is 1.27. The summed E-state index contributed by atoms with van der Waals surface area (Å²) in [7, 11) is 0. The van der Waals surface area contributed by atoms with Crippen LogP contribution in [0.25, 0.3) is 0 Å². The molecule has 0 radical (unpaired) electrons. The van der Waals surface area contributed by atoms with Crippen LogP contribution in [0.3, 0.4) is 0 Å². The smallest absolute Gasteiger partial charge is 0.226 e. The lowest BCUT2D eigenvalue weighted by atomic mass is 10.3. The molecule has 0 aliphatic rings. The minimum Gasteiger partial charge on any atom is -0.475 e. The van der Waals surface area contributed by atoms with Gasteiger partial charge in [0, 0.05) is 18.3 Å². The predicted octanol–water partition coefficient (Wildman–Crippen LogP) is 1.76. The number of nitrogens with one attached hydrogen (secondary N) is 1. The number of aromatic nitrogens is 2.